The van der Waals surface area contributed by atoms with Crippen molar-refractivity contribution < 1.29 is 9.53 Å². The highest BCUT2D eigenvalue weighted by atomic mass is 16.5. The van der Waals surface area contributed by atoms with E-state index in [9.17, 15) is 4.79 Å². The lowest BCUT2D eigenvalue weighted by Gasteiger charge is -2.20. The minimum absolute atomic E-state index is 0.00869. The first-order valence-electron chi connectivity index (χ1n) is 4.81. The molecule has 0 saturated carbocycles. The first kappa shape index (κ1) is 11.5. The number of methoxy groups -OCH3 is 1. The lowest BCUT2D eigenvalue weighted by atomic mass is 10.2. The summed E-state index contributed by atoms with van der Waals surface area (Å²) in [7, 11) is 1.61. The third-order valence-electron chi connectivity index (χ3n) is 2.12. The molecular weight excluding hydrogens is 192 g/mol. The second-order valence-electron chi connectivity index (χ2n) is 3.16. The third kappa shape index (κ3) is 2.95. The maximum atomic E-state index is 11.3. The fourth-order valence-corrected chi connectivity index (χ4v) is 1.36. The highest BCUT2D eigenvalue weighted by molar-refractivity contribution is 5.91. The van der Waals surface area contributed by atoms with E-state index in [-0.39, 0.29) is 5.91 Å². The van der Waals surface area contributed by atoms with E-state index in [1.807, 2.05) is 24.3 Å². The summed E-state index contributed by atoms with van der Waals surface area (Å²) < 4.78 is 5.04. The van der Waals surface area contributed by atoms with Crippen molar-refractivity contribution >= 4 is 11.6 Å². The number of nitrogens with two attached hydrogens (primary N) is 1. The number of hydrogen-bond acceptors (Lipinski definition) is 3. The molecule has 0 bridgehead atoms. The molecular formula is C11H16N2O2. The zero-order chi connectivity index (χ0) is 11.3. The molecule has 1 rings (SSSR count). The smallest absolute Gasteiger partial charge is 0.223 e. The van der Waals surface area contributed by atoms with Gasteiger partial charge in [0.05, 0.1) is 7.11 Å². The van der Waals surface area contributed by atoms with Gasteiger partial charge in [-0.05, 0) is 24.3 Å². The van der Waals surface area contributed by atoms with Crippen LogP contribution < -0.4 is 15.4 Å². The number of rotatable bonds is 4. The normalized spacial score (nSPS) is 9.80. The van der Waals surface area contributed by atoms with Crippen LogP contribution in [0.5, 0.6) is 5.75 Å². The summed E-state index contributed by atoms with van der Waals surface area (Å²) in [5, 5.41) is 0. The molecule has 0 aromatic heterocycles. The molecule has 15 heavy (non-hydrogen) atoms. The van der Waals surface area contributed by atoms with Crippen LogP contribution in [0.1, 0.15) is 6.92 Å². The van der Waals surface area contributed by atoms with Gasteiger partial charge in [0, 0.05) is 25.7 Å². The second-order valence-corrected chi connectivity index (χ2v) is 3.16. The van der Waals surface area contributed by atoms with Gasteiger partial charge in [-0.15, -0.1) is 0 Å². The molecule has 0 fully saturated rings. The van der Waals surface area contributed by atoms with E-state index in [0.717, 1.165) is 11.4 Å². The largest absolute Gasteiger partial charge is 0.497 e. The van der Waals surface area contributed by atoms with Gasteiger partial charge in [0.25, 0.3) is 0 Å². The Morgan fingerprint density at radius 2 is 2.00 bits per heavy atom. The van der Waals surface area contributed by atoms with Crippen LogP contribution in [0.25, 0.3) is 0 Å². The fourth-order valence-electron chi connectivity index (χ4n) is 1.36. The first-order chi connectivity index (χ1) is 7.19. The zero-order valence-corrected chi connectivity index (χ0v) is 9.06. The summed E-state index contributed by atoms with van der Waals surface area (Å²) in [6.07, 6.45) is 0. The first-order valence-corrected chi connectivity index (χ1v) is 4.81. The Morgan fingerprint density at radius 3 is 2.40 bits per heavy atom. The molecule has 0 heterocycles. The van der Waals surface area contributed by atoms with Crippen molar-refractivity contribution in [1.82, 2.24) is 0 Å². The quantitative estimate of drug-likeness (QED) is 0.803. The molecule has 0 aliphatic heterocycles. The van der Waals surface area contributed by atoms with Gasteiger partial charge in [-0.3, -0.25) is 4.79 Å². The lowest BCUT2D eigenvalue weighted by molar-refractivity contribution is -0.116. The number of carbonyl (C=O) groups excluding carboxylic acids is 1. The van der Waals surface area contributed by atoms with Crippen LogP contribution in [-0.2, 0) is 4.79 Å². The number of nitrogens with zero attached hydrogens (tertiary/aromatic N) is 1. The van der Waals surface area contributed by atoms with Crippen molar-refractivity contribution in [3.8, 4) is 5.75 Å². The molecule has 1 amide bonds. The van der Waals surface area contributed by atoms with E-state index in [1.54, 1.807) is 12.0 Å². The van der Waals surface area contributed by atoms with Crippen molar-refractivity contribution in [2.75, 3.05) is 25.1 Å². The number of carbonyl (C=O) groups is 1. The molecule has 82 valence electrons. The molecule has 1 aromatic carbocycles. The van der Waals surface area contributed by atoms with Crippen LogP contribution in [0.3, 0.4) is 0 Å². The molecule has 0 spiro atoms. The molecule has 1 aromatic rings. The van der Waals surface area contributed by atoms with Crippen LogP contribution in [-0.4, -0.2) is 26.1 Å². The molecule has 0 unspecified atom stereocenters. The van der Waals surface area contributed by atoms with E-state index in [2.05, 4.69) is 0 Å². The summed E-state index contributed by atoms with van der Waals surface area (Å²) in [4.78, 5) is 13.0. The van der Waals surface area contributed by atoms with E-state index in [0.29, 0.717) is 13.1 Å². The molecule has 0 radical (unpaired) electrons. The SMILES string of the molecule is COc1ccc(N(CCN)C(C)=O)cc1. The molecule has 0 aliphatic carbocycles. The second kappa shape index (κ2) is 5.36. The summed E-state index contributed by atoms with van der Waals surface area (Å²) in [6.45, 7) is 2.51. The van der Waals surface area contributed by atoms with Gasteiger partial charge in [0.2, 0.25) is 5.91 Å². The average molecular weight is 208 g/mol. The predicted octanol–water partition coefficient (Wildman–Crippen LogP) is 1.01. The van der Waals surface area contributed by atoms with Gasteiger partial charge < -0.3 is 15.4 Å². The number of ether oxygens (including phenoxy) is 1. The number of benzene rings is 1. The molecule has 4 heteroatoms. The molecule has 0 aliphatic rings. The van der Waals surface area contributed by atoms with E-state index in [1.165, 1.54) is 6.92 Å². The summed E-state index contributed by atoms with van der Waals surface area (Å²) in [5.74, 6) is 0.764. The van der Waals surface area contributed by atoms with Crippen molar-refractivity contribution in [3.63, 3.8) is 0 Å². The van der Waals surface area contributed by atoms with Gasteiger partial charge in [-0.25, -0.2) is 0 Å². The van der Waals surface area contributed by atoms with Crippen LogP contribution >= 0.6 is 0 Å². The maximum absolute atomic E-state index is 11.3. The Labute approximate surface area is 89.6 Å². The average Bonchev–Trinajstić information content (AvgIpc) is 2.26. The Balaban J connectivity index is 2.86. The number of amides is 1. The van der Waals surface area contributed by atoms with Gasteiger partial charge in [0.1, 0.15) is 5.75 Å². The standard InChI is InChI=1S/C11H16N2O2/c1-9(14)13(8-7-12)10-3-5-11(15-2)6-4-10/h3-6H,7-8,12H2,1-2H3. The van der Waals surface area contributed by atoms with E-state index < -0.39 is 0 Å². The Bertz CT molecular complexity index is 322. The van der Waals surface area contributed by atoms with Crippen molar-refractivity contribution in [1.29, 1.82) is 0 Å². The van der Waals surface area contributed by atoms with Gasteiger partial charge in [-0.1, -0.05) is 0 Å². The van der Waals surface area contributed by atoms with Gasteiger partial charge >= 0.3 is 0 Å². The number of anilines is 1. The summed E-state index contributed by atoms with van der Waals surface area (Å²) in [6, 6.07) is 7.33. The van der Waals surface area contributed by atoms with Crippen molar-refractivity contribution in [3.05, 3.63) is 24.3 Å². The molecule has 0 atom stereocenters. The lowest BCUT2D eigenvalue weighted by Crippen LogP contribution is -2.33. The van der Waals surface area contributed by atoms with Crippen LogP contribution in [0.2, 0.25) is 0 Å². The summed E-state index contributed by atoms with van der Waals surface area (Å²) >= 11 is 0. The maximum Gasteiger partial charge on any atom is 0.223 e. The Morgan fingerprint density at radius 1 is 1.40 bits per heavy atom. The van der Waals surface area contributed by atoms with Crippen molar-refractivity contribution in [2.45, 2.75) is 6.92 Å². The fraction of sp³-hybridized carbons (Fsp3) is 0.364. The summed E-state index contributed by atoms with van der Waals surface area (Å²) in [5.41, 5.74) is 6.28. The van der Waals surface area contributed by atoms with Gasteiger partial charge in [-0.2, -0.15) is 0 Å². The van der Waals surface area contributed by atoms with Crippen LogP contribution in [0, 0.1) is 0 Å². The minimum atomic E-state index is -0.00869. The topological polar surface area (TPSA) is 55.6 Å². The third-order valence-corrected chi connectivity index (χ3v) is 2.12. The van der Waals surface area contributed by atoms with E-state index >= 15 is 0 Å². The molecule has 4 nitrogen and oxygen atoms in total. The Hall–Kier alpha value is -1.55. The predicted molar refractivity (Wildman–Crippen MR) is 60.1 cm³/mol. The molecule has 0 saturated heterocycles. The number of hydrogen-bond donors (Lipinski definition) is 1. The highest BCUT2D eigenvalue weighted by Crippen LogP contribution is 2.18. The van der Waals surface area contributed by atoms with Crippen LogP contribution in [0.4, 0.5) is 5.69 Å². The Kier molecular flexibility index (Phi) is 4.12. The monoisotopic (exact) mass is 208 g/mol. The molecule has 2 N–H and O–H groups in total. The zero-order valence-electron chi connectivity index (χ0n) is 9.06. The van der Waals surface area contributed by atoms with Gasteiger partial charge in [0.15, 0.2) is 0 Å². The minimum Gasteiger partial charge on any atom is -0.497 e. The van der Waals surface area contributed by atoms with Crippen molar-refractivity contribution in [2.24, 2.45) is 5.73 Å². The van der Waals surface area contributed by atoms with E-state index in [4.69, 9.17) is 10.5 Å². The highest BCUT2D eigenvalue weighted by Gasteiger charge is 2.09. The van der Waals surface area contributed by atoms with Crippen LogP contribution in [0.15, 0.2) is 24.3 Å².